The molecule has 1 saturated heterocycles. The quantitative estimate of drug-likeness (QED) is 0.724. The molecule has 3 heteroatoms. The average molecular weight is 218 g/mol. The molecule has 1 aliphatic rings. The van der Waals surface area contributed by atoms with Gasteiger partial charge in [0, 0.05) is 12.1 Å². The molecule has 0 amide bonds. The number of hydrogen-bond donors (Lipinski definition) is 0. The maximum absolute atomic E-state index is 13.5. The smallest absolute Gasteiger partial charge is 0.143 e. The minimum atomic E-state index is -0.428. The first kappa shape index (κ1) is 10.9. The van der Waals surface area contributed by atoms with Gasteiger partial charge in [0.15, 0.2) is 0 Å². The van der Waals surface area contributed by atoms with Crippen molar-refractivity contribution in [1.29, 1.82) is 5.26 Å². The fourth-order valence-electron chi connectivity index (χ4n) is 2.40. The number of benzene rings is 1. The van der Waals surface area contributed by atoms with Gasteiger partial charge in [0.1, 0.15) is 17.4 Å². The second-order valence-electron chi connectivity index (χ2n) is 4.81. The highest BCUT2D eigenvalue weighted by molar-refractivity contribution is 5.61. The van der Waals surface area contributed by atoms with Gasteiger partial charge in [-0.1, -0.05) is 6.07 Å². The second kappa shape index (κ2) is 3.79. The first-order valence-corrected chi connectivity index (χ1v) is 5.52. The van der Waals surface area contributed by atoms with E-state index in [9.17, 15) is 4.39 Å². The van der Waals surface area contributed by atoms with Crippen molar-refractivity contribution in [2.45, 2.75) is 32.2 Å². The van der Waals surface area contributed by atoms with Crippen molar-refractivity contribution in [2.24, 2.45) is 0 Å². The van der Waals surface area contributed by atoms with Gasteiger partial charge >= 0.3 is 0 Å². The van der Waals surface area contributed by atoms with Gasteiger partial charge in [0.25, 0.3) is 0 Å². The summed E-state index contributed by atoms with van der Waals surface area (Å²) in [4.78, 5) is 2.13. The third kappa shape index (κ3) is 1.65. The van der Waals surface area contributed by atoms with E-state index in [0.29, 0.717) is 0 Å². The van der Waals surface area contributed by atoms with Crippen molar-refractivity contribution in [3.63, 3.8) is 0 Å². The minimum Gasteiger partial charge on any atom is -0.365 e. The predicted octanol–water partition coefficient (Wildman–Crippen LogP) is 3.08. The molecule has 1 heterocycles. The zero-order valence-corrected chi connectivity index (χ0v) is 9.63. The van der Waals surface area contributed by atoms with Crippen LogP contribution in [-0.2, 0) is 0 Å². The van der Waals surface area contributed by atoms with Gasteiger partial charge in [-0.3, -0.25) is 0 Å². The number of nitrogens with zero attached hydrogens (tertiary/aromatic N) is 2. The maximum atomic E-state index is 13.5. The summed E-state index contributed by atoms with van der Waals surface area (Å²) in [5, 5.41) is 9.01. The Bertz CT molecular complexity index is 446. The zero-order chi connectivity index (χ0) is 11.8. The van der Waals surface area contributed by atoms with E-state index in [-0.39, 0.29) is 11.1 Å². The van der Waals surface area contributed by atoms with E-state index >= 15 is 0 Å². The van der Waals surface area contributed by atoms with E-state index in [1.165, 1.54) is 6.07 Å². The third-order valence-electron chi connectivity index (χ3n) is 3.30. The molecular weight excluding hydrogens is 203 g/mol. The van der Waals surface area contributed by atoms with Crippen molar-refractivity contribution < 1.29 is 4.39 Å². The molecule has 2 rings (SSSR count). The SMILES string of the molecule is CC1(C)CCCN1c1cccc(F)c1C#N. The first-order chi connectivity index (χ1) is 7.56. The molecule has 1 aromatic carbocycles. The molecule has 1 aromatic rings. The molecule has 1 aliphatic heterocycles. The summed E-state index contributed by atoms with van der Waals surface area (Å²) in [6.45, 7) is 5.16. The molecule has 0 radical (unpaired) electrons. The van der Waals surface area contributed by atoms with Crippen molar-refractivity contribution in [3.8, 4) is 6.07 Å². The highest BCUT2D eigenvalue weighted by Gasteiger charge is 2.33. The molecule has 16 heavy (non-hydrogen) atoms. The van der Waals surface area contributed by atoms with Crippen LogP contribution < -0.4 is 4.90 Å². The van der Waals surface area contributed by atoms with Crippen molar-refractivity contribution in [1.82, 2.24) is 0 Å². The molecule has 0 unspecified atom stereocenters. The Balaban J connectivity index is 2.49. The second-order valence-corrected chi connectivity index (χ2v) is 4.81. The van der Waals surface area contributed by atoms with Gasteiger partial charge < -0.3 is 4.90 Å². The summed E-state index contributed by atoms with van der Waals surface area (Å²) < 4.78 is 13.5. The van der Waals surface area contributed by atoms with Gasteiger partial charge in [-0.2, -0.15) is 5.26 Å². The molecule has 0 aliphatic carbocycles. The average Bonchev–Trinajstić information content (AvgIpc) is 2.57. The highest BCUT2D eigenvalue weighted by Crippen LogP contribution is 2.35. The van der Waals surface area contributed by atoms with E-state index in [1.807, 2.05) is 12.1 Å². The van der Waals surface area contributed by atoms with E-state index in [4.69, 9.17) is 5.26 Å². The number of anilines is 1. The topological polar surface area (TPSA) is 27.0 Å². The van der Waals surface area contributed by atoms with Crippen LogP contribution in [-0.4, -0.2) is 12.1 Å². The number of nitriles is 1. The van der Waals surface area contributed by atoms with E-state index in [1.54, 1.807) is 6.07 Å². The summed E-state index contributed by atoms with van der Waals surface area (Å²) in [6, 6.07) is 6.79. The molecule has 0 atom stereocenters. The predicted molar refractivity (Wildman–Crippen MR) is 61.8 cm³/mol. The van der Waals surface area contributed by atoms with E-state index in [0.717, 1.165) is 25.1 Å². The summed E-state index contributed by atoms with van der Waals surface area (Å²) in [7, 11) is 0. The summed E-state index contributed by atoms with van der Waals surface area (Å²) in [6.07, 6.45) is 2.17. The van der Waals surface area contributed by atoms with E-state index < -0.39 is 5.82 Å². The molecule has 0 saturated carbocycles. The van der Waals surface area contributed by atoms with Gasteiger partial charge in [-0.25, -0.2) is 4.39 Å². The van der Waals surface area contributed by atoms with Crippen LogP contribution in [0.25, 0.3) is 0 Å². The Labute approximate surface area is 95.3 Å². The van der Waals surface area contributed by atoms with Gasteiger partial charge in [0.2, 0.25) is 0 Å². The lowest BCUT2D eigenvalue weighted by Crippen LogP contribution is -2.38. The lowest BCUT2D eigenvalue weighted by atomic mass is 10.0. The zero-order valence-electron chi connectivity index (χ0n) is 9.63. The van der Waals surface area contributed by atoms with Crippen LogP contribution in [0.5, 0.6) is 0 Å². The van der Waals surface area contributed by atoms with Crippen LogP contribution in [0, 0.1) is 17.1 Å². The number of hydrogen-bond acceptors (Lipinski definition) is 2. The number of halogens is 1. The Morgan fingerprint density at radius 2 is 2.19 bits per heavy atom. The summed E-state index contributed by atoms with van der Waals surface area (Å²) in [5.41, 5.74) is 0.904. The maximum Gasteiger partial charge on any atom is 0.143 e. The van der Waals surface area contributed by atoms with Crippen LogP contribution in [0.15, 0.2) is 18.2 Å². The Morgan fingerprint density at radius 3 is 2.75 bits per heavy atom. The third-order valence-corrected chi connectivity index (χ3v) is 3.30. The first-order valence-electron chi connectivity index (χ1n) is 5.52. The Kier molecular flexibility index (Phi) is 2.59. The molecule has 0 N–H and O–H groups in total. The molecule has 2 nitrogen and oxygen atoms in total. The molecule has 0 aromatic heterocycles. The van der Waals surface area contributed by atoms with Crippen LogP contribution in [0.1, 0.15) is 32.3 Å². The Hall–Kier alpha value is -1.56. The van der Waals surface area contributed by atoms with E-state index in [2.05, 4.69) is 18.7 Å². The van der Waals surface area contributed by atoms with Crippen molar-refractivity contribution in [3.05, 3.63) is 29.6 Å². The summed E-state index contributed by atoms with van der Waals surface area (Å²) in [5.74, 6) is -0.428. The van der Waals surface area contributed by atoms with Crippen LogP contribution in [0.4, 0.5) is 10.1 Å². The highest BCUT2D eigenvalue weighted by atomic mass is 19.1. The molecule has 84 valence electrons. The lowest BCUT2D eigenvalue weighted by molar-refractivity contribution is 0.516. The van der Waals surface area contributed by atoms with Gasteiger partial charge in [0.05, 0.1) is 5.69 Å². The van der Waals surface area contributed by atoms with Crippen LogP contribution in [0.2, 0.25) is 0 Å². The van der Waals surface area contributed by atoms with Crippen LogP contribution in [0.3, 0.4) is 0 Å². The fourth-order valence-corrected chi connectivity index (χ4v) is 2.40. The normalized spacial score (nSPS) is 18.5. The minimum absolute atomic E-state index is 0.0133. The van der Waals surface area contributed by atoms with Crippen molar-refractivity contribution >= 4 is 5.69 Å². The molecule has 0 spiro atoms. The van der Waals surface area contributed by atoms with Gasteiger partial charge in [-0.15, -0.1) is 0 Å². The summed E-state index contributed by atoms with van der Waals surface area (Å²) >= 11 is 0. The molecule has 1 fully saturated rings. The lowest BCUT2D eigenvalue weighted by Gasteiger charge is -2.34. The Morgan fingerprint density at radius 1 is 1.44 bits per heavy atom. The standard InChI is InChI=1S/C13H15FN2/c1-13(2)7-4-8-16(13)12-6-3-5-11(14)10(12)9-15/h3,5-6H,4,7-8H2,1-2H3. The van der Waals surface area contributed by atoms with Gasteiger partial charge in [-0.05, 0) is 38.8 Å². The van der Waals surface area contributed by atoms with Crippen LogP contribution >= 0.6 is 0 Å². The molecule has 0 bridgehead atoms. The molecular formula is C13H15FN2. The monoisotopic (exact) mass is 218 g/mol. The largest absolute Gasteiger partial charge is 0.365 e. The number of rotatable bonds is 1. The fraction of sp³-hybridized carbons (Fsp3) is 0.462. The van der Waals surface area contributed by atoms with Crippen molar-refractivity contribution in [2.75, 3.05) is 11.4 Å².